The normalized spacial score (nSPS) is 19.2. The summed E-state index contributed by atoms with van der Waals surface area (Å²) in [6, 6.07) is 0. The van der Waals surface area contributed by atoms with Gasteiger partial charge in [0.05, 0.1) is 27.3 Å². The van der Waals surface area contributed by atoms with Crippen molar-refractivity contribution in [2.45, 2.75) is 6.42 Å². The molecule has 1 atom stereocenters. The van der Waals surface area contributed by atoms with Gasteiger partial charge in [0.15, 0.2) is 0 Å². The molecule has 0 N–H and O–H groups in total. The summed E-state index contributed by atoms with van der Waals surface area (Å²) in [5.74, 6) is -0.926. The molecule has 1 aromatic heterocycles. The van der Waals surface area contributed by atoms with Crippen molar-refractivity contribution in [2.24, 2.45) is 5.92 Å². The molecule has 1 fully saturated rings. The van der Waals surface area contributed by atoms with E-state index >= 15 is 0 Å². The van der Waals surface area contributed by atoms with Crippen LogP contribution in [0.25, 0.3) is 0 Å². The van der Waals surface area contributed by atoms with E-state index in [1.54, 1.807) is 6.20 Å². The average molecular weight is 381 g/mol. The van der Waals surface area contributed by atoms with Gasteiger partial charge in [0.1, 0.15) is 0 Å². The summed E-state index contributed by atoms with van der Waals surface area (Å²) >= 11 is 8.12. The van der Waals surface area contributed by atoms with Crippen LogP contribution in [0, 0.1) is 9.49 Å². The second-order valence-electron chi connectivity index (χ2n) is 3.88. The van der Waals surface area contributed by atoms with Gasteiger partial charge in [-0.15, -0.1) is 0 Å². The predicted octanol–water partition coefficient (Wildman–Crippen LogP) is 1.87. The number of halogens is 2. The molecule has 18 heavy (non-hydrogen) atoms. The van der Waals surface area contributed by atoms with Crippen LogP contribution in [0.1, 0.15) is 6.42 Å². The third kappa shape index (κ3) is 2.44. The minimum absolute atomic E-state index is 0.128. The van der Waals surface area contributed by atoms with E-state index in [2.05, 4.69) is 32.3 Å². The highest BCUT2D eigenvalue weighted by Crippen LogP contribution is 2.34. The number of pyridine rings is 1. The Hall–Kier alpha value is -0.890. The molecule has 0 radical (unpaired) electrons. The van der Waals surface area contributed by atoms with Gasteiger partial charge >= 0.3 is 5.97 Å². The Bertz CT molecular complexity index is 489. The van der Waals surface area contributed by atoms with Crippen LogP contribution in [0.4, 0.5) is 5.69 Å². The van der Waals surface area contributed by atoms with Crippen molar-refractivity contribution in [3.63, 3.8) is 0 Å². The van der Waals surface area contributed by atoms with E-state index in [1.807, 2.05) is 0 Å². The first-order valence-electron chi connectivity index (χ1n) is 5.21. The minimum atomic E-state index is -0.428. The molecule has 96 valence electrons. The molecule has 0 aliphatic carbocycles. The third-order valence-corrected chi connectivity index (χ3v) is 3.82. The summed E-state index contributed by atoms with van der Waals surface area (Å²) in [6.45, 7) is 0.297. The lowest BCUT2D eigenvalue weighted by atomic mass is 10.1. The fourth-order valence-electron chi connectivity index (χ4n) is 1.91. The van der Waals surface area contributed by atoms with E-state index in [0.29, 0.717) is 17.3 Å². The van der Waals surface area contributed by atoms with Gasteiger partial charge in [-0.2, -0.15) is 0 Å². The SMILES string of the molecule is COC(=O)C1CC(=O)N(c2c(Cl)cncc2I)C1. The van der Waals surface area contributed by atoms with Gasteiger partial charge in [-0.3, -0.25) is 14.6 Å². The van der Waals surface area contributed by atoms with Crippen LogP contribution in [0.15, 0.2) is 12.4 Å². The van der Waals surface area contributed by atoms with Crippen LogP contribution in [0.2, 0.25) is 5.02 Å². The van der Waals surface area contributed by atoms with Crippen molar-refractivity contribution in [1.82, 2.24) is 4.98 Å². The standard InChI is InChI=1S/C11H10ClIN2O3/c1-18-11(17)6-2-9(16)15(5-6)10-7(12)3-14-4-8(10)13/h3-4,6H,2,5H2,1H3. The molecule has 1 aliphatic heterocycles. The number of carbonyl (C=O) groups is 2. The highest BCUT2D eigenvalue weighted by atomic mass is 127. The molecule has 2 heterocycles. The number of carbonyl (C=O) groups excluding carboxylic acids is 2. The van der Waals surface area contributed by atoms with Gasteiger partial charge in [0.25, 0.3) is 0 Å². The van der Waals surface area contributed by atoms with Crippen LogP contribution < -0.4 is 4.90 Å². The molecule has 1 aromatic rings. The van der Waals surface area contributed by atoms with Crippen LogP contribution >= 0.6 is 34.2 Å². The number of nitrogens with zero attached hydrogens (tertiary/aromatic N) is 2. The van der Waals surface area contributed by atoms with Gasteiger partial charge in [0, 0.05) is 25.4 Å². The van der Waals surface area contributed by atoms with Gasteiger partial charge in [-0.25, -0.2) is 0 Å². The molecule has 1 aliphatic rings. The quantitative estimate of drug-likeness (QED) is 0.580. The number of anilines is 1. The molecule has 5 nitrogen and oxygen atoms in total. The van der Waals surface area contributed by atoms with Crippen molar-refractivity contribution >= 4 is 51.8 Å². The van der Waals surface area contributed by atoms with Crippen LogP contribution in [0.3, 0.4) is 0 Å². The number of methoxy groups -OCH3 is 1. The van der Waals surface area contributed by atoms with Gasteiger partial charge in [-0.1, -0.05) is 11.6 Å². The Morgan fingerprint density at radius 1 is 1.61 bits per heavy atom. The van der Waals surface area contributed by atoms with Crippen molar-refractivity contribution < 1.29 is 14.3 Å². The van der Waals surface area contributed by atoms with E-state index in [1.165, 1.54) is 18.2 Å². The van der Waals surface area contributed by atoms with E-state index in [0.717, 1.165) is 3.57 Å². The van der Waals surface area contributed by atoms with E-state index in [-0.39, 0.29) is 18.3 Å². The predicted molar refractivity (Wildman–Crippen MR) is 74.4 cm³/mol. The Morgan fingerprint density at radius 2 is 2.33 bits per heavy atom. The maximum atomic E-state index is 11.9. The van der Waals surface area contributed by atoms with Gasteiger partial charge < -0.3 is 9.64 Å². The highest BCUT2D eigenvalue weighted by Gasteiger charge is 2.37. The molecule has 1 amide bonds. The van der Waals surface area contributed by atoms with Crippen molar-refractivity contribution in [3.05, 3.63) is 21.0 Å². The summed E-state index contributed by atoms with van der Waals surface area (Å²) in [4.78, 5) is 28.9. The molecule has 1 unspecified atom stereocenters. The molecule has 0 bridgehead atoms. The fourth-order valence-corrected chi connectivity index (χ4v) is 3.07. The number of hydrogen-bond acceptors (Lipinski definition) is 4. The maximum Gasteiger partial charge on any atom is 0.311 e. The molecular weight excluding hydrogens is 370 g/mol. The van der Waals surface area contributed by atoms with E-state index in [9.17, 15) is 9.59 Å². The molecule has 0 saturated carbocycles. The highest BCUT2D eigenvalue weighted by molar-refractivity contribution is 14.1. The molecule has 2 rings (SSSR count). The van der Waals surface area contributed by atoms with E-state index < -0.39 is 5.92 Å². The number of esters is 1. The zero-order valence-electron chi connectivity index (χ0n) is 9.52. The second kappa shape index (κ2) is 5.40. The largest absolute Gasteiger partial charge is 0.469 e. The summed E-state index contributed by atoms with van der Waals surface area (Å²) in [7, 11) is 1.32. The summed E-state index contributed by atoms with van der Waals surface area (Å²) in [5.41, 5.74) is 0.615. The number of rotatable bonds is 2. The van der Waals surface area contributed by atoms with Crippen molar-refractivity contribution in [3.8, 4) is 0 Å². The lowest BCUT2D eigenvalue weighted by molar-refractivity contribution is -0.145. The summed E-state index contributed by atoms with van der Waals surface area (Å²) < 4.78 is 5.44. The maximum absolute atomic E-state index is 11.9. The van der Waals surface area contributed by atoms with Crippen molar-refractivity contribution in [1.29, 1.82) is 0 Å². The van der Waals surface area contributed by atoms with Crippen LogP contribution in [0.5, 0.6) is 0 Å². The topological polar surface area (TPSA) is 59.5 Å². The van der Waals surface area contributed by atoms with Gasteiger partial charge in [-0.05, 0) is 22.6 Å². The number of aromatic nitrogens is 1. The first kappa shape index (κ1) is 13.5. The molecule has 0 aromatic carbocycles. The first-order valence-corrected chi connectivity index (χ1v) is 6.67. The summed E-state index contributed by atoms with van der Waals surface area (Å²) in [6.07, 6.45) is 3.26. The third-order valence-electron chi connectivity index (χ3n) is 2.76. The number of amides is 1. The summed E-state index contributed by atoms with van der Waals surface area (Å²) in [5, 5.41) is 0.403. The molecule has 1 saturated heterocycles. The lowest BCUT2D eigenvalue weighted by Gasteiger charge is -2.19. The fraction of sp³-hybridized carbons (Fsp3) is 0.364. The lowest BCUT2D eigenvalue weighted by Crippen LogP contribution is -2.27. The van der Waals surface area contributed by atoms with Gasteiger partial charge in [0.2, 0.25) is 5.91 Å². The number of hydrogen-bond donors (Lipinski definition) is 0. The van der Waals surface area contributed by atoms with Crippen LogP contribution in [-0.4, -0.2) is 30.5 Å². The number of ether oxygens (including phenoxy) is 1. The average Bonchev–Trinajstić information content (AvgIpc) is 2.70. The minimum Gasteiger partial charge on any atom is -0.469 e. The second-order valence-corrected chi connectivity index (χ2v) is 5.45. The monoisotopic (exact) mass is 380 g/mol. The van der Waals surface area contributed by atoms with Crippen LogP contribution in [-0.2, 0) is 14.3 Å². The Kier molecular flexibility index (Phi) is 4.06. The van der Waals surface area contributed by atoms with Crippen molar-refractivity contribution in [2.75, 3.05) is 18.6 Å². The smallest absolute Gasteiger partial charge is 0.311 e. The Morgan fingerprint density at radius 3 is 2.94 bits per heavy atom. The van der Waals surface area contributed by atoms with E-state index in [4.69, 9.17) is 11.6 Å². The molecular formula is C11H10ClIN2O3. The zero-order chi connectivity index (χ0) is 13.3. The zero-order valence-corrected chi connectivity index (χ0v) is 12.4. The Balaban J connectivity index is 2.30. The molecule has 7 heteroatoms. The molecule has 0 spiro atoms. The first-order chi connectivity index (χ1) is 8.54. The Labute approximate surface area is 123 Å².